The lowest BCUT2D eigenvalue weighted by Gasteiger charge is -2.22. The first kappa shape index (κ1) is 18.4. The standard InChI is InChI=1S/C21H19FN2O3/c1-15(25)23-17-9-10-20(22)19(12-17)21(26)24(14-18-8-5-11-27-18)13-16-6-3-2-4-7-16/h2-12H,13-14H2,1H3,(H,23,25). The molecule has 0 atom stereocenters. The molecule has 3 aromatic rings. The van der Waals surface area contributed by atoms with Crippen LogP contribution in [0.25, 0.3) is 0 Å². The van der Waals surface area contributed by atoms with Gasteiger partial charge in [-0.1, -0.05) is 30.3 Å². The number of furan rings is 1. The Morgan fingerprint density at radius 2 is 1.81 bits per heavy atom. The number of carbonyl (C=O) groups excluding carboxylic acids is 2. The monoisotopic (exact) mass is 366 g/mol. The summed E-state index contributed by atoms with van der Waals surface area (Å²) in [6.07, 6.45) is 1.53. The molecule has 1 heterocycles. The van der Waals surface area contributed by atoms with Crippen molar-refractivity contribution in [3.05, 3.63) is 89.6 Å². The Hall–Kier alpha value is -3.41. The van der Waals surface area contributed by atoms with E-state index in [2.05, 4.69) is 5.32 Å². The van der Waals surface area contributed by atoms with Crippen LogP contribution in [0, 0.1) is 5.82 Å². The average Bonchev–Trinajstić information content (AvgIpc) is 3.16. The molecule has 0 unspecified atom stereocenters. The number of rotatable bonds is 6. The fraction of sp³-hybridized carbons (Fsp3) is 0.143. The van der Waals surface area contributed by atoms with Gasteiger partial charge in [0.25, 0.3) is 5.91 Å². The van der Waals surface area contributed by atoms with E-state index in [1.165, 1.54) is 36.3 Å². The summed E-state index contributed by atoms with van der Waals surface area (Å²) in [5.41, 5.74) is 1.17. The number of hydrogen-bond acceptors (Lipinski definition) is 3. The Morgan fingerprint density at radius 1 is 1.04 bits per heavy atom. The highest BCUT2D eigenvalue weighted by Gasteiger charge is 2.21. The zero-order valence-electron chi connectivity index (χ0n) is 14.8. The molecule has 0 aliphatic rings. The van der Waals surface area contributed by atoms with Crippen molar-refractivity contribution in [2.45, 2.75) is 20.0 Å². The van der Waals surface area contributed by atoms with Crippen LogP contribution in [0.4, 0.5) is 10.1 Å². The predicted molar refractivity (Wildman–Crippen MR) is 99.4 cm³/mol. The van der Waals surface area contributed by atoms with Crippen LogP contribution < -0.4 is 5.32 Å². The molecule has 3 rings (SSSR count). The fourth-order valence-corrected chi connectivity index (χ4v) is 2.73. The van der Waals surface area contributed by atoms with Crippen LogP contribution in [-0.4, -0.2) is 16.7 Å². The molecule has 0 fully saturated rings. The van der Waals surface area contributed by atoms with Crippen molar-refractivity contribution in [1.29, 1.82) is 0 Å². The second-order valence-corrected chi connectivity index (χ2v) is 6.10. The van der Waals surface area contributed by atoms with E-state index in [1.807, 2.05) is 30.3 Å². The molecular weight excluding hydrogens is 347 g/mol. The Kier molecular flexibility index (Phi) is 5.66. The molecule has 0 radical (unpaired) electrons. The minimum Gasteiger partial charge on any atom is -0.467 e. The van der Waals surface area contributed by atoms with Gasteiger partial charge in [0.2, 0.25) is 5.91 Å². The van der Waals surface area contributed by atoms with E-state index >= 15 is 0 Å². The van der Waals surface area contributed by atoms with E-state index in [-0.39, 0.29) is 18.0 Å². The van der Waals surface area contributed by atoms with Gasteiger partial charge in [-0.05, 0) is 35.9 Å². The normalized spacial score (nSPS) is 10.4. The van der Waals surface area contributed by atoms with E-state index in [9.17, 15) is 14.0 Å². The number of carbonyl (C=O) groups is 2. The summed E-state index contributed by atoms with van der Waals surface area (Å²) in [6, 6.07) is 16.9. The average molecular weight is 366 g/mol. The molecular formula is C21H19FN2O3. The van der Waals surface area contributed by atoms with Crippen LogP contribution >= 0.6 is 0 Å². The zero-order chi connectivity index (χ0) is 19.2. The second-order valence-electron chi connectivity index (χ2n) is 6.10. The summed E-state index contributed by atoms with van der Waals surface area (Å²) in [7, 11) is 0. The summed E-state index contributed by atoms with van der Waals surface area (Å²) < 4.78 is 19.7. The highest BCUT2D eigenvalue weighted by Crippen LogP contribution is 2.20. The van der Waals surface area contributed by atoms with Crippen LogP contribution in [0.2, 0.25) is 0 Å². The third kappa shape index (κ3) is 4.82. The van der Waals surface area contributed by atoms with Crippen LogP contribution in [0.3, 0.4) is 0 Å². The lowest BCUT2D eigenvalue weighted by Crippen LogP contribution is -2.30. The van der Waals surface area contributed by atoms with E-state index in [0.29, 0.717) is 18.0 Å². The number of anilines is 1. The molecule has 0 aliphatic heterocycles. The van der Waals surface area contributed by atoms with Gasteiger partial charge in [0.15, 0.2) is 0 Å². The van der Waals surface area contributed by atoms with E-state index < -0.39 is 11.7 Å². The van der Waals surface area contributed by atoms with E-state index in [4.69, 9.17) is 4.42 Å². The van der Waals surface area contributed by atoms with Gasteiger partial charge < -0.3 is 14.6 Å². The first-order valence-electron chi connectivity index (χ1n) is 8.45. The molecule has 138 valence electrons. The van der Waals surface area contributed by atoms with E-state index in [0.717, 1.165) is 5.56 Å². The zero-order valence-corrected chi connectivity index (χ0v) is 14.8. The van der Waals surface area contributed by atoms with Gasteiger partial charge in [-0.15, -0.1) is 0 Å². The molecule has 5 nitrogen and oxygen atoms in total. The molecule has 2 aromatic carbocycles. The highest BCUT2D eigenvalue weighted by atomic mass is 19.1. The number of nitrogens with one attached hydrogen (secondary N) is 1. The molecule has 0 saturated heterocycles. The van der Waals surface area contributed by atoms with Crippen LogP contribution in [0.5, 0.6) is 0 Å². The number of nitrogens with zero attached hydrogens (tertiary/aromatic N) is 1. The van der Waals surface area contributed by atoms with Gasteiger partial charge in [-0.2, -0.15) is 0 Å². The van der Waals surface area contributed by atoms with Crippen molar-refractivity contribution in [2.24, 2.45) is 0 Å². The first-order chi connectivity index (χ1) is 13.0. The predicted octanol–water partition coefficient (Wildman–Crippen LogP) is 4.22. The Morgan fingerprint density at radius 3 is 2.48 bits per heavy atom. The third-order valence-electron chi connectivity index (χ3n) is 3.95. The molecule has 1 aromatic heterocycles. The van der Waals surface area contributed by atoms with Crippen molar-refractivity contribution in [3.8, 4) is 0 Å². The maximum absolute atomic E-state index is 14.4. The smallest absolute Gasteiger partial charge is 0.257 e. The van der Waals surface area contributed by atoms with Crippen molar-refractivity contribution in [1.82, 2.24) is 4.90 Å². The summed E-state index contributed by atoms with van der Waals surface area (Å²) in [5, 5.41) is 2.57. The van der Waals surface area contributed by atoms with Crippen LogP contribution in [0.15, 0.2) is 71.3 Å². The van der Waals surface area contributed by atoms with Crippen molar-refractivity contribution < 1.29 is 18.4 Å². The Balaban J connectivity index is 1.91. The molecule has 0 saturated carbocycles. The van der Waals surface area contributed by atoms with Gasteiger partial charge >= 0.3 is 0 Å². The molecule has 6 heteroatoms. The summed E-state index contributed by atoms with van der Waals surface area (Å²) in [4.78, 5) is 25.8. The maximum Gasteiger partial charge on any atom is 0.257 e. The first-order valence-corrected chi connectivity index (χ1v) is 8.45. The molecule has 0 bridgehead atoms. The van der Waals surface area contributed by atoms with E-state index in [1.54, 1.807) is 12.1 Å². The molecule has 27 heavy (non-hydrogen) atoms. The fourth-order valence-electron chi connectivity index (χ4n) is 2.73. The molecule has 0 aliphatic carbocycles. The lowest BCUT2D eigenvalue weighted by molar-refractivity contribution is -0.114. The minimum absolute atomic E-state index is 0.108. The van der Waals surface area contributed by atoms with Gasteiger partial charge in [0.1, 0.15) is 11.6 Å². The molecule has 0 spiro atoms. The highest BCUT2D eigenvalue weighted by molar-refractivity contribution is 5.97. The molecule has 2 amide bonds. The quantitative estimate of drug-likeness (QED) is 0.710. The third-order valence-corrected chi connectivity index (χ3v) is 3.95. The maximum atomic E-state index is 14.4. The molecule has 1 N–H and O–H groups in total. The van der Waals surface area contributed by atoms with Gasteiger partial charge in [-0.25, -0.2) is 4.39 Å². The van der Waals surface area contributed by atoms with Gasteiger partial charge in [-0.3, -0.25) is 9.59 Å². The number of hydrogen-bond donors (Lipinski definition) is 1. The Bertz CT molecular complexity index is 924. The number of amides is 2. The van der Waals surface area contributed by atoms with Crippen molar-refractivity contribution >= 4 is 17.5 Å². The summed E-state index contributed by atoms with van der Waals surface area (Å²) in [6.45, 7) is 1.85. The van der Waals surface area contributed by atoms with Crippen LogP contribution in [0.1, 0.15) is 28.6 Å². The topological polar surface area (TPSA) is 62.6 Å². The van der Waals surface area contributed by atoms with Crippen molar-refractivity contribution in [3.63, 3.8) is 0 Å². The minimum atomic E-state index is -0.647. The van der Waals surface area contributed by atoms with Crippen molar-refractivity contribution in [2.75, 3.05) is 5.32 Å². The number of benzene rings is 2. The number of halogens is 1. The summed E-state index contributed by atoms with van der Waals surface area (Å²) >= 11 is 0. The lowest BCUT2D eigenvalue weighted by atomic mass is 10.1. The van der Waals surface area contributed by atoms with Crippen LogP contribution in [-0.2, 0) is 17.9 Å². The SMILES string of the molecule is CC(=O)Nc1ccc(F)c(C(=O)N(Cc2ccccc2)Cc2ccco2)c1. The summed E-state index contributed by atoms with van der Waals surface area (Å²) in [5.74, 6) is -0.832. The largest absolute Gasteiger partial charge is 0.467 e. The Labute approximate surface area is 156 Å². The second kappa shape index (κ2) is 8.31. The van der Waals surface area contributed by atoms with Gasteiger partial charge in [0, 0.05) is 19.2 Å². The van der Waals surface area contributed by atoms with Gasteiger partial charge in [0.05, 0.1) is 18.4 Å².